The van der Waals surface area contributed by atoms with Crippen LogP contribution < -0.4 is 25.7 Å². The molecule has 0 spiro atoms. The lowest BCUT2D eigenvalue weighted by Gasteiger charge is -2.41. The number of aliphatic carboxylic acids is 1. The van der Waals surface area contributed by atoms with Crippen molar-refractivity contribution in [2.75, 3.05) is 20.2 Å². The highest BCUT2D eigenvalue weighted by molar-refractivity contribution is 6.08. The van der Waals surface area contributed by atoms with Crippen LogP contribution in [0.3, 0.4) is 0 Å². The van der Waals surface area contributed by atoms with Gasteiger partial charge >= 0.3 is 5.97 Å². The van der Waals surface area contributed by atoms with Crippen LogP contribution in [0.5, 0.6) is 11.5 Å². The molecule has 1 aromatic heterocycles. The monoisotopic (exact) mass is 753 g/mol. The Morgan fingerprint density at radius 3 is 2.49 bits per heavy atom. The molecule has 3 aliphatic rings. The normalized spacial score (nSPS) is 24.9. The second-order valence-electron chi connectivity index (χ2n) is 13.7. The summed E-state index contributed by atoms with van der Waals surface area (Å²) < 4.78 is 23.5. The zero-order chi connectivity index (χ0) is 39.0. The Balaban J connectivity index is 1.19. The molecule has 0 saturated carbocycles. The Labute approximate surface area is 314 Å². The summed E-state index contributed by atoms with van der Waals surface area (Å²) in [6.07, 6.45) is -0.936. The van der Waals surface area contributed by atoms with Gasteiger partial charge in [-0.05, 0) is 68.9 Å². The van der Waals surface area contributed by atoms with Crippen LogP contribution in [0.4, 0.5) is 0 Å². The Bertz CT molecular complexity index is 2250. The van der Waals surface area contributed by atoms with Gasteiger partial charge in [-0.3, -0.25) is 14.6 Å². The predicted octanol–water partition coefficient (Wildman–Crippen LogP) is 0.529. The van der Waals surface area contributed by atoms with Gasteiger partial charge in [0.25, 0.3) is 0 Å². The number of phenolic OH excluding ortho intramolecular Hbond substituents is 1. The summed E-state index contributed by atoms with van der Waals surface area (Å²) in [6.45, 7) is 3.06. The predicted molar refractivity (Wildman–Crippen MR) is 193 cm³/mol. The lowest BCUT2D eigenvalue weighted by molar-refractivity contribution is -1.07. The number of hydroxylamine groups is 2. The van der Waals surface area contributed by atoms with Gasteiger partial charge < -0.3 is 49.2 Å². The maximum absolute atomic E-state index is 13.4. The van der Waals surface area contributed by atoms with Gasteiger partial charge in [-0.25, -0.2) is 0 Å². The molecule has 286 valence electrons. The minimum atomic E-state index is -1.68. The second-order valence-corrected chi connectivity index (χ2v) is 13.7. The van der Waals surface area contributed by atoms with Crippen LogP contribution in [0.25, 0.3) is 22.1 Å². The average molecular weight is 754 g/mol. The molecule has 7 rings (SSSR count). The minimum Gasteiger partial charge on any atom is -0.549 e. The minimum absolute atomic E-state index is 0.0497. The number of nitrogens with zero attached hydrogens (tertiary/aromatic N) is 1. The molecule has 3 aliphatic heterocycles. The number of carboxylic acid groups (broad SMARTS) is 1. The maximum atomic E-state index is 13.4. The van der Waals surface area contributed by atoms with E-state index in [-0.39, 0.29) is 40.0 Å². The quantitative estimate of drug-likeness (QED) is 0.0988. The van der Waals surface area contributed by atoms with Crippen molar-refractivity contribution in [2.24, 2.45) is 10.9 Å². The topological polar surface area (TPSA) is 214 Å². The number of carbonyl (C=O) groups is 2. The number of fused-ring (bicyclic) bond motifs is 2. The molecule has 4 heterocycles. The largest absolute Gasteiger partial charge is 0.549 e. The van der Waals surface area contributed by atoms with Crippen LogP contribution in [-0.2, 0) is 23.9 Å². The first kappa shape index (κ1) is 37.6. The number of benzene rings is 3. The summed E-state index contributed by atoms with van der Waals surface area (Å²) in [5, 5.41) is 47.4. The summed E-state index contributed by atoms with van der Waals surface area (Å²) in [5.74, 6) is -4.22. The van der Waals surface area contributed by atoms with E-state index >= 15 is 0 Å². The van der Waals surface area contributed by atoms with Crippen molar-refractivity contribution < 1.29 is 58.5 Å². The molecule has 0 radical (unpaired) electrons. The highest BCUT2D eigenvalue weighted by Gasteiger charge is 2.52. The SMILES string of the molecule is CNC[C@@H](C(=O)[O-])C(=O)OC[C@@H]1O[C@H](Oc2ccc3c(=O)c(-c4ccc(O)cc4)coc3c2)[C@H](O[NH+]2C=C3C=CN=C3C2c2cc(C)cc(C)c2)[C@H](O)[C@H]1O. The molecule has 1 saturated heterocycles. The Kier molecular flexibility index (Phi) is 10.7. The standard InChI is InChI=1S/C40H39N3O12/c1-20-12-21(2)14-24(13-20)33-32-23(10-11-42-32)17-43(33)55-37-36(47)35(46)31(19-52-39(50)28(16-41-3)38(48)49)54-40(37)53-26-8-9-27-30(15-26)51-18-29(34(27)45)22-4-6-25(44)7-5-22/h4-15,17-18,28,31,33,35-37,40-41,44,46-47H,16,19H2,1-3H3,(H,48,49)/t28-,31-,33?,35-,36+,37+,40-/m0/s1. The highest BCUT2D eigenvalue weighted by Crippen LogP contribution is 2.31. The Morgan fingerprint density at radius 2 is 1.78 bits per heavy atom. The lowest BCUT2D eigenvalue weighted by Crippen LogP contribution is -3.07. The highest BCUT2D eigenvalue weighted by atomic mass is 16.8. The molecule has 2 unspecified atom stereocenters. The van der Waals surface area contributed by atoms with Gasteiger partial charge in [0.1, 0.15) is 66.1 Å². The van der Waals surface area contributed by atoms with E-state index in [4.69, 9.17) is 23.5 Å². The fourth-order valence-electron chi connectivity index (χ4n) is 7.00. The van der Waals surface area contributed by atoms with Gasteiger partial charge in [0, 0.05) is 24.4 Å². The molecule has 15 nitrogen and oxygen atoms in total. The molecule has 0 amide bonds. The number of aliphatic imine (C=N–C) groups is 1. The number of carboxylic acids is 1. The molecule has 15 heteroatoms. The molecule has 0 bridgehead atoms. The average Bonchev–Trinajstić information content (AvgIpc) is 3.74. The number of aromatic hydroxyl groups is 1. The van der Waals surface area contributed by atoms with Crippen molar-refractivity contribution in [3.8, 4) is 22.6 Å². The zero-order valence-electron chi connectivity index (χ0n) is 30.0. The van der Waals surface area contributed by atoms with Crippen molar-refractivity contribution in [1.82, 2.24) is 5.32 Å². The van der Waals surface area contributed by atoms with Crippen molar-refractivity contribution >= 4 is 28.6 Å². The number of aliphatic hydroxyl groups is 2. The lowest BCUT2D eigenvalue weighted by atomic mass is 9.97. The number of aliphatic hydroxyl groups excluding tert-OH is 2. The maximum Gasteiger partial charge on any atom is 0.316 e. The number of quaternary nitrogens is 1. The van der Waals surface area contributed by atoms with Crippen LogP contribution in [0, 0.1) is 19.8 Å². The second kappa shape index (κ2) is 15.6. The van der Waals surface area contributed by atoms with E-state index in [0.717, 1.165) is 28.0 Å². The van der Waals surface area contributed by atoms with Gasteiger partial charge in [0.2, 0.25) is 12.4 Å². The number of esters is 1. The van der Waals surface area contributed by atoms with Gasteiger partial charge in [-0.15, -0.1) is 0 Å². The molecule has 4 aromatic rings. The van der Waals surface area contributed by atoms with E-state index in [1.165, 1.54) is 43.6 Å². The number of carbonyl (C=O) groups excluding carboxylic acids is 2. The summed E-state index contributed by atoms with van der Waals surface area (Å²) >= 11 is 0. The number of ether oxygens (including phenoxy) is 3. The van der Waals surface area contributed by atoms with Crippen molar-refractivity contribution in [3.05, 3.63) is 118 Å². The fraction of sp³-hybridized carbons (Fsp3) is 0.300. The van der Waals surface area contributed by atoms with Crippen LogP contribution in [0.1, 0.15) is 22.7 Å². The number of phenols is 1. The van der Waals surface area contributed by atoms with E-state index in [1.807, 2.05) is 38.1 Å². The fourth-order valence-corrected chi connectivity index (χ4v) is 7.00. The summed E-state index contributed by atoms with van der Waals surface area (Å²) in [7, 11) is 1.46. The van der Waals surface area contributed by atoms with Crippen molar-refractivity contribution in [3.63, 3.8) is 0 Å². The molecule has 3 aromatic carbocycles. The number of aryl methyl sites for hydroxylation is 2. The zero-order valence-corrected chi connectivity index (χ0v) is 30.0. The van der Waals surface area contributed by atoms with E-state index in [1.54, 1.807) is 24.5 Å². The molecular formula is C40H39N3O12. The van der Waals surface area contributed by atoms with Gasteiger partial charge in [0.05, 0.1) is 22.5 Å². The number of nitrogens with one attached hydrogen (secondary N) is 2. The summed E-state index contributed by atoms with van der Waals surface area (Å²) in [5.41, 5.74) is 5.18. The van der Waals surface area contributed by atoms with Crippen LogP contribution in [0.2, 0.25) is 0 Å². The number of hydrogen-bond acceptors (Lipinski definition) is 14. The first-order valence-corrected chi connectivity index (χ1v) is 17.5. The molecule has 5 N–H and O–H groups in total. The van der Waals surface area contributed by atoms with Crippen LogP contribution >= 0.6 is 0 Å². The van der Waals surface area contributed by atoms with E-state index in [0.29, 0.717) is 10.6 Å². The number of hydrogen-bond donors (Lipinski definition) is 5. The molecular weight excluding hydrogens is 714 g/mol. The van der Waals surface area contributed by atoms with E-state index in [2.05, 4.69) is 10.3 Å². The third-order valence-electron chi connectivity index (χ3n) is 9.66. The van der Waals surface area contributed by atoms with Gasteiger partial charge in [-0.2, -0.15) is 9.90 Å². The smallest absolute Gasteiger partial charge is 0.316 e. The molecule has 0 aliphatic carbocycles. The third-order valence-corrected chi connectivity index (χ3v) is 9.66. The first-order valence-electron chi connectivity index (χ1n) is 17.5. The molecule has 8 atom stereocenters. The summed E-state index contributed by atoms with van der Waals surface area (Å²) in [4.78, 5) is 48.8. The Hall–Kier alpha value is -5.68. The third kappa shape index (κ3) is 7.66. The van der Waals surface area contributed by atoms with Crippen molar-refractivity contribution in [1.29, 1.82) is 0 Å². The van der Waals surface area contributed by atoms with Crippen LogP contribution in [-0.4, -0.2) is 83.9 Å². The van der Waals surface area contributed by atoms with Crippen molar-refractivity contribution in [2.45, 2.75) is 50.6 Å². The molecule has 55 heavy (non-hydrogen) atoms. The van der Waals surface area contributed by atoms with E-state index < -0.39 is 61.2 Å². The summed E-state index contributed by atoms with van der Waals surface area (Å²) in [6, 6.07) is 16.2. The van der Waals surface area contributed by atoms with E-state index in [9.17, 15) is 34.8 Å². The number of rotatable bonds is 12. The first-order chi connectivity index (χ1) is 26.4. The van der Waals surface area contributed by atoms with Crippen LogP contribution in [0.15, 0.2) is 105 Å². The number of allylic oxidation sites excluding steroid dienone is 1. The van der Waals surface area contributed by atoms with Gasteiger partial charge in [0.15, 0.2) is 11.5 Å². The Morgan fingerprint density at radius 1 is 1.04 bits per heavy atom. The van der Waals surface area contributed by atoms with Gasteiger partial charge in [-0.1, -0.05) is 29.3 Å². The molecule has 1 fully saturated rings.